The van der Waals surface area contributed by atoms with Crippen LogP contribution in [0.5, 0.6) is 5.75 Å². The van der Waals surface area contributed by atoms with Crippen LogP contribution in [0, 0.1) is 19.3 Å². The molecule has 0 atom stereocenters. The summed E-state index contributed by atoms with van der Waals surface area (Å²) in [5.41, 5.74) is 3.75. The van der Waals surface area contributed by atoms with Crippen molar-refractivity contribution in [1.82, 2.24) is 14.8 Å². The Balaban J connectivity index is 1.63. The second-order valence-electron chi connectivity index (χ2n) is 8.42. The first-order valence-electron chi connectivity index (χ1n) is 11.0. The van der Waals surface area contributed by atoms with Crippen molar-refractivity contribution in [3.63, 3.8) is 0 Å². The van der Waals surface area contributed by atoms with Crippen molar-refractivity contribution >= 4 is 32.7 Å². The third-order valence-corrected chi connectivity index (χ3v) is 7.12. The van der Waals surface area contributed by atoms with Crippen LogP contribution in [-0.2, 0) is 19.0 Å². The van der Waals surface area contributed by atoms with Crippen molar-refractivity contribution < 1.29 is 13.5 Å². The minimum absolute atomic E-state index is 0.0426. The Morgan fingerprint density at radius 3 is 2.54 bits per heavy atom. The molecule has 0 spiro atoms. The molecule has 1 heterocycles. The molecule has 0 aliphatic rings. The summed E-state index contributed by atoms with van der Waals surface area (Å²) in [4.78, 5) is 0. The van der Waals surface area contributed by atoms with Gasteiger partial charge < -0.3 is 4.74 Å². The summed E-state index contributed by atoms with van der Waals surface area (Å²) in [5, 5.41) is 14.3. The van der Waals surface area contributed by atoms with Gasteiger partial charge in [0.15, 0.2) is 5.84 Å². The van der Waals surface area contributed by atoms with Crippen LogP contribution in [0.15, 0.2) is 65.1 Å². The van der Waals surface area contributed by atoms with Gasteiger partial charge in [0.25, 0.3) is 0 Å². The van der Waals surface area contributed by atoms with Crippen molar-refractivity contribution in [2.24, 2.45) is 5.84 Å². The minimum atomic E-state index is -3.59. The Morgan fingerprint density at radius 1 is 1.14 bits per heavy atom. The number of benzene rings is 3. The highest BCUT2D eigenvalue weighted by Gasteiger charge is 2.40. The lowest BCUT2D eigenvalue weighted by Gasteiger charge is -2.26. The van der Waals surface area contributed by atoms with Gasteiger partial charge in [-0.2, -0.15) is 13.9 Å². The van der Waals surface area contributed by atoms with Gasteiger partial charge in [0.05, 0.1) is 31.4 Å². The molecule has 0 aliphatic heterocycles. The van der Waals surface area contributed by atoms with Crippen LogP contribution in [-0.4, -0.2) is 27.7 Å². The van der Waals surface area contributed by atoms with Crippen LogP contribution in [0.2, 0.25) is 0 Å². The first-order chi connectivity index (χ1) is 16.6. The predicted octanol–water partition coefficient (Wildman–Crippen LogP) is 5.92. The van der Waals surface area contributed by atoms with Crippen molar-refractivity contribution in [3.05, 3.63) is 93.1 Å². The number of aromatic nitrogens is 2. The van der Waals surface area contributed by atoms with Crippen LogP contribution in [0.4, 0.5) is 8.78 Å². The van der Waals surface area contributed by atoms with Gasteiger partial charge in [-0.15, -0.1) is 0 Å². The molecule has 0 aliphatic carbocycles. The number of aryl methyl sites for hydroxylation is 2. The number of nitrogens with two attached hydrogens (primary N) is 1. The van der Waals surface area contributed by atoms with E-state index in [1.54, 1.807) is 42.1 Å². The maximum Gasteiger partial charge on any atom is 0.330 e. The SMILES string of the molecule is COc1ccc(CN(N)C(=N)C(F)(F)c2ccc3c(C)nn(Cc4cccc(C)c4Br)c3c2)cc1. The zero-order chi connectivity index (χ0) is 25.3. The fraction of sp³-hybridized carbons (Fsp3) is 0.231. The first-order valence-corrected chi connectivity index (χ1v) is 11.7. The van der Waals surface area contributed by atoms with E-state index in [2.05, 4.69) is 21.0 Å². The smallest absolute Gasteiger partial charge is 0.330 e. The van der Waals surface area contributed by atoms with Crippen LogP contribution in [0.25, 0.3) is 10.9 Å². The molecule has 0 fully saturated rings. The van der Waals surface area contributed by atoms with E-state index in [0.717, 1.165) is 31.7 Å². The molecule has 0 unspecified atom stereocenters. The molecule has 0 radical (unpaired) electrons. The van der Waals surface area contributed by atoms with Gasteiger partial charge in [-0.3, -0.25) is 15.1 Å². The summed E-state index contributed by atoms with van der Waals surface area (Å²) in [6.07, 6.45) is 0. The van der Waals surface area contributed by atoms with Crippen molar-refractivity contribution in [2.45, 2.75) is 32.9 Å². The summed E-state index contributed by atoms with van der Waals surface area (Å²) < 4.78 is 38.6. The number of nitrogens with zero attached hydrogens (tertiary/aromatic N) is 3. The number of rotatable bonds is 7. The lowest BCUT2D eigenvalue weighted by Crippen LogP contribution is -2.45. The highest BCUT2D eigenvalue weighted by molar-refractivity contribution is 9.10. The van der Waals surface area contributed by atoms with Gasteiger partial charge in [-0.25, -0.2) is 5.84 Å². The predicted molar refractivity (Wildman–Crippen MR) is 137 cm³/mol. The number of alkyl halides is 2. The van der Waals surface area contributed by atoms with Crippen molar-refractivity contribution in [3.8, 4) is 5.75 Å². The molecule has 4 rings (SSSR count). The molecule has 1 aromatic heterocycles. The molecule has 0 saturated heterocycles. The molecule has 35 heavy (non-hydrogen) atoms. The summed E-state index contributed by atoms with van der Waals surface area (Å²) in [5.74, 6) is 1.96. The average Bonchev–Trinajstić information content (AvgIpc) is 3.16. The summed E-state index contributed by atoms with van der Waals surface area (Å²) >= 11 is 3.61. The maximum absolute atomic E-state index is 15.4. The third-order valence-electron chi connectivity index (χ3n) is 5.99. The Morgan fingerprint density at radius 2 is 1.86 bits per heavy atom. The Kier molecular flexibility index (Phi) is 6.91. The molecule has 0 saturated carbocycles. The van der Waals surface area contributed by atoms with E-state index in [4.69, 9.17) is 16.0 Å². The zero-order valence-electron chi connectivity index (χ0n) is 19.6. The largest absolute Gasteiger partial charge is 0.497 e. The summed E-state index contributed by atoms with van der Waals surface area (Å²) in [7, 11) is 1.55. The highest BCUT2D eigenvalue weighted by atomic mass is 79.9. The van der Waals surface area contributed by atoms with Gasteiger partial charge in [0.2, 0.25) is 0 Å². The quantitative estimate of drug-likeness (QED) is 0.132. The fourth-order valence-corrected chi connectivity index (χ4v) is 4.36. The van der Waals surface area contributed by atoms with E-state index in [1.807, 2.05) is 32.0 Å². The number of methoxy groups -OCH3 is 1. The first kappa shape index (κ1) is 24.8. The minimum Gasteiger partial charge on any atom is -0.497 e. The van der Waals surface area contributed by atoms with Crippen LogP contribution < -0.4 is 10.6 Å². The van der Waals surface area contributed by atoms with Crippen molar-refractivity contribution in [1.29, 1.82) is 5.41 Å². The van der Waals surface area contributed by atoms with E-state index < -0.39 is 11.8 Å². The van der Waals surface area contributed by atoms with Gasteiger partial charge >= 0.3 is 5.92 Å². The number of nitrogens with one attached hydrogen (secondary N) is 1. The summed E-state index contributed by atoms with van der Waals surface area (Å²) in [6, 6.07) is 17.2. The van der Waals surface area contributed by atoms with Crippen LogP contribution in [0.1, 0.15) is 27.9 Å². The van der Waals surface area contributed by atoms with E-state index >= 15 is 8.78 Å². The topological polar surface area (TPSA) is 80.2 Å². The Labute approximate surface area is 210 Å². The number of hydrazine groups is 1. The van der Waals surface area contributed by atoms with E-state index in [1.165, 1.54) is 12.1 Å². The molecule has 3 aromatic carbocycles. The molecule has 6 nitrogen and oxygen atoms in total. The van der Waals surface area contributed by atoms with Gasteiger partial charge in [-0.1, -0.05) is 58.4 Å². The van der Waals surface area contributed by atoms with Crippen molar-refractivity contribution in [2.75, 3.05) is 7.11 Å². The number of amidine groups is 1. The van der Waals surface area contributed by atoms with Gasteiger partial charge in [-0.05, 0) is 48.7 Å². The zero-order valence-corrected chi connectivity index (χ0v) is 21.2. The molecule has 182 valence electrons. The molecular formula is C26H26BrF2N5O. The number of hydrogen-bond donors (Lipinski definition) is 2. The standard InChI is InChI=1S/C26H26BrF2N5O/c1-16-5-4-6-19(24(16)27)15-34-23-13-20(9-12-22(23)17(2)32-34)26(28,29)25(30)33(31)14-18-7-10-21(35-3)11-8-18/h4-13,30H,14-15,31H2,1-3H3. The summed E-state index contributed by atoms with van der Waals surface area (Å²) in [6.45, 7) is 4.22. The van der Waals surface area contributed by atoms with E-state index in [9.17, 15) is 0 Å². The lowest BCUT2D eigenvalue weighted by molar-refractivity contribution is 0.0575. The Hall–Kier alpha value is -3.30. The van der Waals surface area contributed by atoms with Gasteiger partial charge in [0, 0.05) is 15.4 Å². The highest BCUT2D eigenvalue weighted by Crippen LogP contribution is 2.34. The second kappa shape index (κ2) is 9.75. The molecule has 9 heteroatoms. The lowest BCUT2D eigenvalue weighted by atomic mass is 10.0. The van der Waals surface area contributed by atoms with Crippen LogP contribution in [0.3, 0.4) is 0 Å². The van der Waals surface area contributed by atoms with Gasteiger partial charge in [0.1, 0.15) is 5.75 Å². The monoisotopic (exact) mass is 541 g/mol. The molecule has 3 N–H and O–H groups in total. The number of hydrogen-bond acceptors (Lipinski definition) is 4. The molecule has 0 bridgehead atoms. The number of ether oxygens (including phenoxy) is 1. The fourth-order valence-electron chi connectivity index (χ4n) is 3.97. The Bertz CT molecular complexity index is 1380. The molecular weight excluding hydrogens is 516 g/mol. The second-order valence-corrected chi connectivity index (χ2v) is 9.21. The van der Waals surface area contributed by atoms with Crippen LogP contribution >= 0.6 is 15.9 Å². The molecule has 0 amide bonds. The third kappa shape index (κ3) is 4.92. The number of fused-ring (bicyclic) bond motifs is 1. The van der Waals surface area contributed by atoms with E-state index in [-0.39, 0.29) is 12.1 Å². The van der Waals surface area contributed by atoms with E-state index in [0.29, 0.717) is 23.4 Å². The average molecular weight is 542 g/mol. The normalized spacial score (nSPS) is 11.6. The number of halogens is 3. The molecule has 4 aromatic rings. The maximum atomic E-state index is 15.4.